The summed E-state index contributed by atoms with van der Waals surface area (Å²) in [7, 11) is 2.65. The van der Waals surface area contributed by atoms with Crippen LogP contribution >= 0.6 is 0 Å². The van der Waals surface area contributed by atoms with E-state index in [-0.39, 0.29) is 34.9 Å². The summed E-state index contributed by atoms with van der Waals surface area (Å²) in [6.45, 7) is 2.54. The number of hydrogen-bond donors (Lipinski definition) is 1. The number of carbonyl (C=O) groups is 4. The van der Waals surface area contributed by atoms with Gasteiger partial charge in [0.25, 0.3) is 11.7 Å². The third-order valence-corrected chi connectivity index (χ3v) is 4.58. The number of hydrogen-bond acceptors (Lipinski definition) is 9. The molecule has 1 heterocycles. The van der Waals surface area contributed by atoms with Crippen molar-refractivity contribution in [3.63, 3.8) is 0 Å². The Balaban J connectivity index is 1.70. The van der Waals surface area contributed by atoms with Gasteiger partial charge in [0.2, 0.25) is 0 Å². The molecule has 0 saturated carbocycles. The monoisotopic (exact) mass is 469 g/mol. The van der Waals surface area contributed by atoms with Crippen LogP contribution in [0, 0.1) is 0 Å². The summed E-state index contributed by atoms with van der Waals surface area (Å²) < 4.78 is 25.7. The molecule has 10 heteroatoms. The van der Waals surface area contributed by atoms with Gasteiger partial charge in [0, 0.05) is 13.8 Å². The van der Waals surface area contributed by atoms with Gasteiger partial charge in [0.1, 0.15) is 5.57 Å². The highest BCUT2D eigenvalue weighted by Gasteiger charge is 2.38. The molecule has 1 saturated heterocycles. The topological polar surface area (TPSA) is 126 Å². The molecule has 1 fully saturated rings. The highest BCUT2D eigenvalue weighted by molar-refractivity contribution is 6.18. The largest absolute Gasteiger partial charge is 0.493 e. The quantitative estimate of drug-likeness (QED) is 0.370. The Labute approximate surface area is 195 Å². The van der Waals surface area contributed by atoms with Crippen molar-refractivity contribution in [3.05, 3.63) is 59.2 Å². The van der Waals surface area contributed by atoms with Crippen LogP contribution < -0.4 is 14.8 Å². The van der Waals surface area contributed by atoms with Crippen molar-refractivity contribution in [1.29, 1.82) is 0 Å². The number of amides is 1. The number of carbonyl (C=O) groups excluding carboxylic acids is 4. The molecule has 1 aliphatic heterocycles. The van der Waals surface area contributed by atoms with Crippen molar-refractivity contribution >= 4 is 35.6 Å². The zero-order chi connectivity index (χ0) is 24.9. The lowest BCUT2D eigenvalue weighted by atomic mass is 10.1. The van der Waals surface area contributed by atoms with E-state index in [0.29, 0.717) is 5.56 Å². The summed E-state index contributed by atoms with van der Waals surface area (Å²) in [5, 5.41) is 2.60. The molecule has 1 aliphatic rings. The minimum Gasteiger partial charge on any atom is -0.493 e. The van der Waals surface area contributed by atoms with Gasteiger partial charge < -0.3 is 29.0 Å². The minimum absolute atomic E-state index is 0.205. The SMILES string of the molecule is COC(=O)c1ccccc1NC(=O)COc1ccc(C=C2C(=O)OC(C)(C)OC2=O)cc1OC. The molecule has 34 heavy (non-hydrogen) atoms. The smallest absolute Gasteiger partial charge is 0.348 e. The zero-order valence-electron chi connectivity index (χ0n) is 19.0. The third-order valence-electron chi connectivity index (χ3n) is 4.58. The molecular formula is C24H23NO9. The van der Waals surface area contributed by atoms with Gasteiger partial charge in [0.15, 0.2) is 18.1 Å². The Hall–Kier alpha value is -4.34. The molecule has 10 nitrogen and oxygen atoms in total. The molecule has 1 N–H and O–H groups in total. The standard InChI is InChI=1S/C24H23NO9/c1-24(2)33-22(28)16(23(29)34-24)11-14-9-10-18(19(12-14)30-3)32-13-20(26)25-17-8-6-5-7-15(17)21(27)31-4/h5-12H,13H2,1-4H3,(H,25,26). The fourth-order valence-electron chi connectivity index (χ4n) is 3.05. The lowest BCUT2D eigenvalue weighted by Gasteiger charge is -2.29. The zero-order valence-corrected chi connectivity index (χ0v) is 19.0. The summed E-state index contributed by atoms with van der Waals surface area (Å²) in [5.74, 6) is -3.53. The second-order valence-electron chi connectivity index (χ2n) is 7.52. The van der Waals surface area contributed by atoms with E-state index in [1.54, 1.807) is 24.3 Å². The highest BCUT2D eigenvalue weighted by atomic mass is 16.7. The minimum atomic E-state index is -1.33. The fraction of sp³-hybridized carbons (Fsp3) is 0.250. The predicted octanol–water partition coefficient (Wildman–Crippen LogP) is 2.72. The number of benzene rings is 2. The number of anilines is 1. The van der Waals surface area contributed by atoms with E-state index >= 15 is 0 Å². The van der Waals surface area contributed by atoms with E-state index in [0.717, 1.165) is 0 Å². The van der Waals surface area contributed by atoms with Crippen LogP contribution in [-0.4, -0.2) is 50.4 Å². The Bertz CT molecular complexity index is 1140. The van der Waals surface area contributed by atoms with Gasteiger partial charge in [-0.2, -0.15) is 0 Å². The summed E-state index contributed by atoms with van der Waals surface area (Å²) in [4.78, 5) is 48.5. The van der Waals surface area contributed by atoms with Gasteiger partial charge in [-0.05, 0) is 35.9 Å². The lowest BCUT2D eigenvalue weighted by molar-refractivity contribution is -0.222. The molecule has 3 rings (SSSR count). The van der Waals surface area contributed by atoms with Gasteiger partial charge in [-0.3, -0.25) is 4.79 Å². The number of ether oxygens (including phenoxy) is 5. The van der Waals surface area contributed by atoms with Crippen molar-refractivity contribution in [1.82, 2.24) is 0 Å². The van der Waals surface area contributed by atoms with Crippen LogP contribution in [0.2, 0.25) is 0 Å². The van der Waals surface area contributed by atoms with E-state index < -0.39 is 29.6 Å². The summed E-state index contributed by atoms with van der Waals surface area (Å²) in [6, 6.07) is 11.0. The lowest BCUT2D eigenvalue weighted by Crippen LogP contribution is -2.41. The molecule has 1 amide bonds. The summed E-state index contributed by atoms with van der Waals surface area (Å²) in [6.07, 6.45) is 1.31. The van der Waals surface area contributed by atoms with Crippen molar-refractivity contribution < 1.29 is 42.9 Å². The van der Waals surface area contributed by atoms with E-state index in [1.165, 1.54) is 52.3 Å². The van der Waals surface area contributed by atoms with E-state index in [4.69, 9.17) is 23.7 Å². The first kappa shape index (κ1) is 24.3. The average molecular weight is 469 g/mol. The second-order valence-corrected chi connectivity index (χ2v) is 7.52. The van der Waals surface area contributed by atoms with Crippen molar-refractivity contribution in [2.45, 2.75) is 19.6 Å². The van der Waals surface area contributed by atoms with Crippen molar-refractivity contribution in [2.24, 2.45) is 0 Å². The van der Waals surface area contributed by atoms with E-state index in [1.807, 2.05) is 0 Å². The number of methoxy groups -OCH3 is 2. The van der Waals surface area contributed by atoms with Gasteiger partial charge >= 0.3 is 17.9 Å². The first-order valence-electron chi connectivity index (χ1n) is 10.1. The van der Waals surface area contributed by atoms with Crippen LogP contribution in [0.4, 0.5) is 5.69 Å². The normalized spacial score (nSPS) is 14.4. The van der Waals surface area contributed by atoms with Crippen LogP contribution in [0.5, 0.6) is 11.5 Å². The molecular weight excluding hydrogens is 446 g/mol. The van der Waals surface area contributed by atoms with Gasteiger partial charge in [0.05, 0.1) is 25.5 Å². The van der Waals surface area contributed by atoms with Gasteiger partial charge in [-0.25, -0.2) is 14.4 Å². The number of esters is 3. The van der Waals surface area contributed by atoms with Crippen LogP contribution in [-0.2, 0) is 28.6 Å². The van der Waals surface area contributed by atoms with Crippen molar-refractivity contribution in [2.75, 3.05) is 26.1 Å². The molecule has 0 atom stereocenters. The highest BCUT2D eigenvalue weighted by Crippen LogP contribution is 2.30. The molecule has 0 radical (unpaired) electrons. The molecule has 0 aromatic heterocycles. The molecule has 2 aromatic rings. The third kappa shape index (κ3) is 5.71. The number of rotatable bonds is 7. The second kappa shape index (κ2) is 10.1. The summed E-state index contributed by atoms with van der Waals surface area (Å²) in [5.41, 5.74) is 0.672. The van der Waals surface area contributed by atoms with Crippen LogP contribution in [0.1, 0.15) is 29.8 Å². The molecule has 0 spiro atoms. The predicted molar refractivity (Wildman–Crippen MR) is 119 cm³/mol. The molecule has 0 aliphatic carbocycles. The Morgan fingerprint density at radius 2 is 1.68 bits per heavy atom. The Kier molecular flexibility index (Phi) is 7.20. The van der Waals surface area contributed by atoms with Gasteiger partial charge in [-0.1, -0.05) is 18.2 Å². The molecule has 0 unspecified atom stereocenters. The first-order chi connectivity index (χ1) is 16.1. The number of nitrogens with one attached hydrogen (secondary N) is 1. The maximum Gasteiger partial charge on any atom is 0.348 e. The number of cyclic esters (lactones) is 2. The van der Waals surface area contributed by atoms with E-state index in [2.05, 4.69) is 5.32 Å². The average Bonchev–Trinajstić information content (AvgIpc) is 2.79. The molecule has 2 aromatic carbocycles. The molecule has 0 bridgehead atoms. The van der Waals surface area contributed by atoms with Crippen LogP contribution in [0.3, 0.4) is 0 Å². The summed E-state index contributed by atoms with van der Waals surface area (Å²) >= 11 is 0. The fourth-order valence-corrected chi connectivity index (χ4v) is 3.05. The first-order valence-corrected chi connectivity index (χ1v) is 10.1. The van der Waals surface area contributed by atoms with Crippen LogP contribution in [0.15, 0.2) is 48.0 Å². The van der Waals surface area contributed by atoms with Crippen LogP contribution in [0.25, 0.3) is 6.08 Å². The van der Waals surface area contributed by atoms with Gasteiger partial charge in [-0.15, -0.1) is 0 Å². The maximum absolute atomic E-state index is 12.4. The maximum atomic E-state index is 12.4. The number of para-hydroxylation sites is 1. The molecule has 178 valence electrons. The Morgan fingerprint density at radius 1 is 1.00 bits per heavy atom. The van der Waals surface area contributed by atoms with E-state index in [9.17, 15) is 19.2 Å². The van der Waals surface area contributed by atoms with Crippen molar-refractivity contribution in [3.8, 4) is 11.5 Å². The Morgan fingerprint density at radius 3 is 2.32 bits per heavy atom.